The summed E-state index contributed by atoms with van der Waals surface area (Å²) in [5.41, 5.74) is 5.67. The van der Waals surface area contributed by atoms with Crippen LogP contribution >= 0.6 is 0 Å². The van der Waals surface area contributed by atoms with Gasteiger partial charge in [-0.3, -0.25) is 0 Å². The Kier molecular flexibility index (Phi) is 4.91. The first-order valence-electron chi connectivity index (χ1n) is 5.50. The van der Waals surface area contributed by atoms with Crippen LogP contribution in [0.2, 0.25) is 0 Å². The van der Waals surface area contributed by atoms with Crippen LogP contribution in [0.25, 0.3) is 0 Å². The highest BCUT2D eigenvalue weighted by atomic mass is 19.4. The van der Waals surface area contributed by atoms with Crippen molar-refractivity contribution in [1.29, 1.82) is 0 Å². The summed E-state index contributed by atoms with van der Waals surface area (Å²) < 4.78 is 39.7. The van der Waals surface area contributed by atoms with Crippen LogP contribution in [-0.2, 0) is 0 Å². The largest absolute Gasteiger partial charge is 0.573 e. The number of ether oxygens (including phenoxy) is 1. The van der Waals surface area contributed by atoms with E-state index in [0.717, 1.165) is 6.34 Å². The molecule has 0 unspecified atom stereocenters. The van der Waals surface area contributed by atoms with E-state index in [-0.39, 0.29) is 11.7 Å². The van der Waals surface area contributed by atoms with Gasteiger partial charge >= 0.3 is 6.36 Å². The zero-order chi connectivity index (χ0) is 14.5. The summed E-state index contributed by atoms with van der Waals surface area (Å²) in [6.45, 7) is 3.76. The lowest BCUT2D eigenvalue weighted by atomic mass is 10.2. The molecule has 1 aromatic rings. The van der Waals surface area contributed by atoms with Crippen molar-refractivity contribution in [3.8, 4) is 5.75 Å². The quantitative estimate of drug-likeness (QED) is 0.678. The fraction of sp³-hybridized carbons (Fsp3) is 0.333. The second-order valence-corrected chi connectivity index (χ2v) is 3.94. The molecule has 0 saturated heterocycles. The van der Waals surface area contributed by atoms with Crippen molar-refractivity contribution in [2.75, 3.05) is 0 Å². The molecule has 0 amide bonds. The van der Waals surface area contributed by atoms with Crippen LogP contribution in [0.3, 0.4) is 0 Å². The monoisotopic (exact) mass is 273 g/mol. The SMILES string of the molecule is CC(C)C(N=CN)=Nc1ccc(OC(F)(F)F)cc1. The number of hydrogen-bond donors (Lipinski definition) is 1. The van der Waals surface area contributed by atoms with E-state index >= 15 is 0 Å². The van der Waals surface area contributed by atoms with E-state index in [1.54, 1.807) is 0 Å². The van der Waals surface area contributed by atoms with Crippen molar-refractivity contribution in [1.82, 2.24) is 0 Å². The topological polar surface area (TPSA) is 60.0 Å². The lowest BCUT2D eigenvalue weighted by Gasteiger charge is -2.09. The highest BCUT2D eigenvalue weighted by Gasteiger charge is 2.30. The standard InChI is InChI=1S/C12H14F3N3O/c1-8(2)11(17-7-16)18-9-3-5-10(6-4-9)19-12(13,14)15/h3-8H,1-2H3,(H2,16,17,18). The summed E-state index contributed by atoms with van der Waals surface area (Å²) in [5.74, 6) is 0.248. The maximum Gasteiger partial charge on any atom is 0.573 e. The van der Waals surface area contributed by atoms with Crippen LogP contribution in [0, 0.1) is 5.92 Å². The van der Waals surface area contributed by atoms with Crippen LogP contribution in [0.4, 0.5) is 18.9 Å². The molecule has 0 heterocycles. The van der Waals surface area contributed by atoms with Gasteiger partial charge in [-0.1, -0.05) is 13.8 Å². The van der Waals surface area contributed by atoms with E-state index < -0.39 is 6.36 Å². The molecule has 4 nitrogen and oxygen atoms in total. The molecule has 104 valence electrons. The number of alkyl halides is 3. The van der Waals surface area contributed by atoms with Gasteiger partial charge in [-0.2, -0.15) is 0 Å². The normalized spacial score (nSPS) is 13.3. The molecular weight excluding hydrogens is 259 g/mol. The van der Waals surface area contributed by atoms with Crippen LogP contribution in [0.5, 0.6) is 5.75 Å². The molecule has 0 saturated carbocycles. The maximum absolute atomic E-state index is 12.0. The van der Waals surface area contributed by atoms with Gasteiger partial charge in [0.05, 0.1) is 12.0 Å². The molecule has 0 atom stereocenters. The summed E-state index contributed by atoms with van der Waals surface area (Å²) in [6.07, 6.45) is -3.57. The molecule has 0 aliphatic carbocycles. The Labute approximate surface area is 108 Å². The first-order valence-corrected chi connectivity index (χ1v) is 5.50. The van der Waals surface area contributed by atoms with Gasteiger partial charge in [-0.25, -0.2) is 9.98 Å². The van der Waals surface area contributed by atoms with Gasteiger partial charge in [0, 0.05) is 5.92 Å². The Morgan fingerprint density at radius 2 is 1.84 bits per heavy atom. The lowest BCUT2D eigenvalue weighted by Crippen LogP contribution is -2.16. The molecule has 1 rings (SSSR count). The highest BCUT2D eigenvalue weighted by molar-refractivity contribution is 5.92. The van der Waals surface area contributed by atoms with E-state index in [1.807, 2.05) is 13.8 Å². The number of amidine groups is 1. The fourth-order valence-electron chi connectivity index (χ4n) is 1.24. The Balaban J connectivity index is 2.89. The summed E-state index contributed by atoms with van der Waals surface area (Å²) in [6, 6.07) is 5.21. The molecule has 0 fully saturated rings. The number of hydrogen-bond acceptors (Lipinski definition) is 2. The Morgan fingerprint density at radius 1 is 1.26 bits per heavy atom. The van der Waals surface area contributed by atoms with Gasteiger partial charge in [0.1, 0.15) is 11.6 Å². The molecular formula is C12H14F3N3O. The second-order valence-electron chi connectivity index (χ2n) is 3.94. The number of aliphatic imine (C=N–C) groups is 2. The summed E-state index contributed by atoms with van der Waals surface area (Å²) in [4.78, 5) is 8.08. The third-order valence-corrected chi connectivity index (χ3v) is 2.04. The fourth-order valence-corrected chi connectivity index (χ4v) is 1.24. The highest BCUT2D eigenvalue weighted by Crippen LogP contribution is 2.25. The van der Waals surface area contributed by atoms with Gasteiger partial charge < -0.3 is 10.5 Å². The van der Waals surface area contributed by atoms with Crippen LogP contribution < -0.4 is 10.5 Å². The van der Waals surface area contributed by atoms with Crippen molar-refractivity contribution < 1.29 is 17.9 Å². The summed E-state index contributed by atoms with van der Waals surface area (Å²) in [7, 11) is 0. The number of nitrogens with zero attached hydrogens (tertiary/aromatic N) is 2. The number of benzene rings is 1. The van der Waals surface area contributed by atoms with Gasteiger partial charge in [0.2, 0.25) is 0 Å². The third kappa shape index (κ3) is 5.41. The first-order chi connectivity index (χ1) is 8.81. The van der Waals surface area contributed by atoms with E-state index in [0.29, 0.717) is 11.5 Å². The van der Waals surface area contributed by atoms with Crippen molar-refractivity contribution in [3.05, 3.63) is 24.3 Å². The average Bonchev–Trinajstić information content (AvgIpc) is 2.29. The summed E-state index contributed by atoms with van der Waals surface area (Å²) in [5, 5.41) is 0. The van der Waals surface area contributed by atoms with E-state index in [1.165, 1.54) is 24.3 Å². The summed E-state index contributed by atoms with van der Waals surface area (Å²) >= 11 is 0. The molecule has 19 heavy (non-hydrogen) atoms. The van der Waals surface area contributed by atoms with Crippen molar-refractivity contribution >= 4 is 17.9 Å². The molecule has 0 bridgehead atoms. The van der Waals surface area contributed by atoms with Crippen molar-refractivity contribution in [2.24, 2.45) is 21.6 Å². The Morgan fingerprint density at radius 3 is 2.26 bits per heavy atom. The van der Waals surface area contributed by atoms with Gasteiger partial charge in [0.15, 0.2) is 0 Å². The van der Waals surface area contributed by atoms with E-state index in [4.69, 9.17) is 5.73 Å². The average molecular weight is 273 g/mol. The third-order valence-electron chi connectivity index (χ3n) is 2.04. The van der Waals surface area contributed by atoms with Crippen molar-refractivity contribution in [2.45, 2.75) is 20.2 Å². The lowest BCUT2D eigenvalue weighted by molar-refractivity contribution is -0.274. The second kappa shape index (κ2) is 6.21. The molecule has 1 aromatic carbocycles. The van der Waals surface area contributed by atoms with Gasteiger partial charge in [-0.05, 0) is 24.3 Å². The predicted molar refractivity (Wildman–Crippen MR) is 67.7 cm³/mol. The molecule has 0 aromatic heterocycles. The Bertz CT molecular complexity index is 464. The Hall–Kier alpha value is -2.05. The van der Waals surface area contributed by atoms with Gasteiger partial charge in [-0.15, -0.1) is 13.2 Å². The molecule has 7 heteroatoms. The predicted octanol–water partition coefficient (Wildman–Crippen LogP) is 3.26. The van der Waals surface area contributed by atoms with Crippen LogP contribution in [0.15, 0.2) is 34.3 Å². The smallest absolute Gasteiger partial charge is 0.406 e. The zero-order valence-electron chi connectivity index (χ0n) is 10.5. The first kappa shape index (κ1) is 15.0. The minimum Gasteiger partial charge on any atom is -0.406 e. The zero-order valence-corrected chi connectivity index (χ0v) is 10.5. The molecule has 0 aliphatic heterocycles. The minimum atomic E-state index is -4.70. The van der Waals surface area contributed by atoms with Gasteiger partial charge in [0.25, 0.3) is 0 Å². The number of rotatable bonds is 3. The van der Waals surface area contributed by atoms with Crippen molar-refractivity contribution in [3.63, 3.8) is 0 Å². The molecule has 0 spiro atoms. The van der Waals surface area contributed by atoms with E-state index in [2.05, 4.69) is 14.7 Å². The number of halogens is 3. The van der Waals surface area contributed by atoms with Crippen LogP contribution in [0.1, 0.15) is 13.8 Å². The molecule has 0 aliphatic rings. The molecule has 0 radical (unpaired) electrons. The molecule has 2 N–H and O–H groups in total. The van der Waals surface area contributed by atoms with Crippen LogP contribution in [-0.4, -0.2) is 18.5 Å². The minimum absolute atomic E-state index is 0.0471. The van der Waals surface area contributed by atoms with E-state index in [9.17, 15) is 13.2 Å². The number of nitrogens with two attached hydrogens (primary N) is 1. The maximum atomic E-state index is 12.0.